The van der Waals surface area contributed by atoms with Crippen molar-refractivity contribution in [1.82, 2.24) is 20.9 Å². The van der Waals surface area contributed by atoms with Crippen LogP contribution in [0.4, 0.5) is 0 Å². The topological polar surface area (TPSA) is 87.6 Å². The Morgan fingerprint density at radius 2 is 2.21 bits per heavy atom. The minimum absolute atomic E-state index is 0. The Kier molecular flexibility index (Phi) is 7.22. The molecule has 8 heteroatoms. The number of rotatable bonds is 5. The van der Waals surface area contributed by atoms with Crippen molar-refractivity contribution in [2.45, 2.75) is 37.5 Å². The minimum Gasteiger partial charge on any atom is -0.373 e. The molecule has 0 saturated carbocycles. The average molecular weight is 445 g/mol. The van der Waals surface area contributed by atoms with Gasteiger partial charge < -0.3 is 20.7 Å². The van der Waals surface area contributed by atoms with E-state index in [-0.39, 0.29) is 29.9 Å². The largest absolute Gasteiger partial charge is 0.373 e. The third-order valence-corrected chi connectivity index (χ3v) is 4.28. The van der Waals surface area contributed by atoms with Crippen LogP contribution in [0.25, 0.3) is 0 Å². The molecule has 0 aromatic carbocycles. The van der Waals surface area contributed by atoms with Gasteiger partial charge in [-0.2, -0.15) is 0 Å². The molecule has 1 amide bonds. The molecule has 1 aromatic heterocycles. The van der Waals surface area contributed by atoms with Crippen LogP contribution in [0.5, 0.6) is 0 Å². The summed E-state index contributed by atoms with van der Waals surface area (Å²) in [5, 5.41) is 9.47. The van der Waals surface area contributed by atoms with Gasteiger partial charge in [-0.1, -0.05) is 0 Å². The van der Waals surface area contributed by atoms with Crippen molar-refractivity contribution in [3.8, 4) is 0 Å². The zero-order valence-electron chi connectivity index (χ0n) is 13.7. The number of guanidine groups is 1. The number of carbonyl (C=O) groups is 1. The molecule has 2 aliphatic heterocycles. The van der Waals surface area contributed by atoms with Crippen LogP contribution in [-0.4, -0.2) is 55.2 Å². The molecule has 3 rings (SSSR count). The smallest absolute Gasteiger partial charge is 0.252 e. The normalized spacial score (nSPS) is 25.0. The maximum Gasteiger partial charge on any atom is 0.252 e. The Hall–Kier alpha value is -1.42. The van der Waals surface area contributed by atoms with E-state index < -0.39 is 0 Å². The highest BCUT2D eigenvalue weighted by molar-refractivity contribution is 14.0. The first-order chi connectivity index (χ1) is 11.3. The van der Waals surface area contributed by atoms with E-state index in [2.05, 4.69) is 25.9 Å². The molecule has 7 nitrogen and oxygen atoms in total. The monoisotopic (exact) mass is 445 g/mol. The van der Waals surface area contributed by atoms with Gasteiger partial charge in [-0.15, -0.1) is 24.0 Å². The SMILES string of the molecule is CN=C(NCCNC(=O)c1cccnc1)NC1CC2CCC1O2.I. The molecule has 3 unspecified atom stereocenters. The fraction of sp³-hybridized carbons (Fsp3) is 0.562. The summed E-state index contributed by atoms with van der Waals surface area (Å²) in [6.07, 6.45) is 7.27. The summed E-state index contributed by atoms with van der Waals surface area (Å²) in [6, 6.07) is 3.83. The molecule has 2 saturated heterocycles. The van der Waals surface area contributed by atoms with E-state index in [1.807, 2.05) is 0 Å². The number of hydrogen-bond acceptors (Lipinski definition) is 4. The van der Waals surface area contributed by atoms with Crippen LogP contribution in [0.1, 0.15) is 29.6 Å². The van der Waals surface area contributed by atoms with Gasteiger partial charge in [0.05, 0.1) is 23.8 Å². The van der Waals surface area contributed by atoms with Crippen molar-refractivity contribution in [2.75, 3.05) is 20.1 Å². The molecule has 3 N–H and O–H groups in total. The Morgan fingerprint density at radius 3 is 2.83 bits per heavy atom. The lowest BCUT2D eigenvalue weighted by molar-refractivity contribution is 0.0954. The van der Waals surface area contributed by atoms with E-state index in [0.29, 0.717) is 36.9 Å². The number of aromatic nitrogens is 1. The number of fused-ring (bicyclic) bond motifs is 2. The van der Waals surface area contributed by atoms with E-state index in [9.17, 15) is 4.79 Å². The zero-order chi connectivity index (χ0) is 16.1. The molecule has 2 fully saturated rings. The van der Waals surface area contributed by atoms with Crippen LogP contribution in [0.3, 0.4) is 0 Å². The van der Waals surface area contributed by atoms with Gasteiger partial charge in [0.2, 0.25) is 0 Å². The van der Waals surface area contributed by atoms with Crippen molar-refractivity contribution in [1.29, 1.82) is 0 Å². The second kappa shape index (κ2) is 9.16. The van der Waals surface area contributed by atoms with E-state index in [1.165, 1.54) is 6.42 Å². The first-order valence-corrected chi connectivity index (χ1v) is 8.07. The van der Waals surface area contributed by atoms with Crippen molar-refractivity contribution < 1.29 is 9.53 Å². The van der Waals surface area contributed by atoms with Crippen molar-refractivity contribution in [3.63, 3.8) is 0 Å². The van der Waals surface area contributed by atoms with Crippen molar-refractivity contribution in [2.24, 2.45) is 4.99 Å². The van der Waals surface area contributed by atoms with Gasteiger partial charge in [0.25, 0.3) is 5.91 Å². The number of hydrogen-bond donors (Lipinski definition) is 3. The van der Waals surface area contributed by atoms with Crippen LogP contribution in [0.2, 0.25) is 0 Å². The number of aliphatic imine (C=N–C) groups is 1. The number of halogens is 1. The highest BCUT2D eigenvalue weighted by Crippen LogP contribution is 2.34. The van der Waals surface area contributed by atoms with Gasteiger partial charge in [0.15, 0.2) is 5.96 Å². The van der Waals surface area contributed by atoms with E-state index in [0.717, 1.165) is 18.8 Å². The van der Waals surface area contributed by atoms with Gasteiger partial charge in [-0.25, -0.2) is 0 Å². The molecular formula is C16H24IN5O2. The zero-order valence-corrected chi connectivity index (χ0v) is 16.0. The molecule has 2 bridgehead atoms. The lowest BCUT2D eigenvalue weighted by atomic mass is 9.96. The maximum absolute atomic E-state index is 11.9. The number of carbonyl (C=O) groups excluding carboxylic acids is 1. The molecule has 2 aliphatic rings. The number of pyridine rings is 1. The predicted molar refractivity (Wildman–Crippen MR) is 103 cm³/mol. The van der Waals surface area contributed by atoms with Crippen LogP contribution < -0.4 is 16.0 Å². The lowest BCUT2D eigenvalue weighted by Crippen LogP contribution is -2.48. The molecule has 0 aliphatic carbocycles. The van der Waals surface area contributed by atoms with Crippen molar-refractivity contribution >= 4 is 35.8 Å². The lowest BCUT2D eigenvalue weighted by Gasteiger charge is -2.22. The summed E-state index contributed by atoms with van der Waals surface area (Å²) in [5.41, 5.74) is 0.564. The summed E-state index contributed by atoms with van der Waals surface area (Å²) in [4.78, 5) is 20.0. The van der Waals surface area contributed by atoms with E-state index >= 15 is 0 Å². The Balaban J connectivity index is 0.00000208. The Bertz CT molecular complexity index is 569. The summed E-state index contributed by atoms with van der Waals surface area (Å²) >= 11 is 0. The van der Waals surface area contributed by atoms with Gasteiger partial charge in [-0.05, 0) is 31.4 Å². The highest BCUT2D eigenvalue weighted by atomic mass is 127. The first kappa shape index (κ1) is 18.9. The summed E-state index contributed by atoms with van der Waals surface area (Å²) in [5.74, 6) is 0.631. The molecule has 0 radical (unpaired) electrons. The third kappa shape index (κ3) is 4.79. The van der Waals surface area contributed by atoms with Gasteiger partial charge in [0.1, 0.15) is 0 Å². The van der Waals surface area contributed by atoms with Gasteiger partial charge in [0, 0.05) is 32.5 Å². The molecular weight excluding hydrogens is 421 g/mol. The fourth-order valence-electron chi connectivity index (χ4n) is 3.12. The third-order valence-electron chi connectivity index (χ3n) is 4.28. The number of nitrogens with one attached hydrogen (secondary N) is 3. The number of amides is 1. The summed E-state index contributed by atoms with van der Waals surface area (Å²) in [6.45, 7) is 1.12. The summed E-state index contributed by atoms with van der Waals surface area (Å²) < 4.78 is 5.83. The van der Waals surface area contributed by atoms with Gasteiger partial charge >= 0.3 is 0 Å². The fourth-order valence-corrected chi connectivity index (χ4v) is 3.12. The molecule has 24 heavy (non-hydrogen) atoms. The van der Waals surface area contributed by atoms with Crippen LogP contribution in [0.15, 0.2) is 29.5 Å². The first-order valence-electron chi connectivity index (χ1n) is 8.07. The second-order valence-corrected chi connectivity index (χ2v) is 5.86. The average Bonchev–Trinajstić information content (AvgIpc) is 3.21. The minimum atomic E-state index is -0.121. The molecule has 3 atom stereocenters. The standard InChI is InChI=1S/C16H23N5O2.HI/c1-17-16(21-13-9-12-4-5-14(13)23-12)20-8-7-19-15(22)11-3-2-6-18-10-11;/h2-3,6,10,12-14H,4-5,7-9H2,1H3,(H,19,22)(H2,17,20,21);1H. The predicted octanol–water partition coefficient (Wildman–Crippen LogP) is 0.914. The van der Waals surface area contributed by atoms with E-state index in [1.54, 1.807) is 31.6 Å². The molecule has 1 aromatic rings. The van der Waals surface area contributed by atoms with Crippen LogP contribution >= 0.6 is 24.0 Å². The second-order valence-electron chi connectivity index (χ2n) is 5.86. The molecule has 3 heterocycles. The van der Waals surface area contributed by atoms with Crippen LogP contribution in [-0.2, 0) is 4.74 Å². The number of nitrogens with zero attached hydrogens (tertiary/aromatic N) is 2. The van der Waals surface area contributed by atoms with Crippen LogP contribution in [0, 0.1) is 0 Å². The van der Waals surface area contributed by atoms with E-state index in [4.69, 9.17) is 4.74 Å². The molecule has 0 spiro atoms. The van der Waals surface area contributed by atoms with Gasteiger partial charge in [-0.3, -0.25) is 14.8 Å². The maximum atomic E-state index is 11.9. The quantitative estimate of drug-likeness (QED) is 0.272. The highest BCUT2D eigenvalue weighted by Gasteiger charge is 2.41. The number of ether oxygens (including phenoxy) is 1. The Morgan fingerprint density at radius 1 is 1.38 bits per heavy atom. The van der Waals surface area contributed by atoms with Crippen molar-refractivity contribution in [3.05, 3.63) is 30.1 Å². The summed E-state index contributed by atoms with van der Waals surface area (Å²) in [7, 11) is 1.75. The Labute approximate surface area is 159 Å². The molecule has 132 valence electrons.